The van der Waals surface area contributed by atoms with Gasteiger partial charge in [0.2, 0.25) is 0 Å². The molecule has 0 N–H and O–H groups in total. The van der Waals surface area contributed by atoms with E-state index in [1.54, 1.807) is 31.8 Å². The summed E-state index contributed by atoms with van der Waals surface area (Å²) in [6, 6.07) is 8.00. The monoisotopic (exact) mass is 326 g/mol. The van der Waals surface area contributed by atoms with E-state index in [2.05, 4.69) is 11.1 Å². The van der Waals surface area contributed by atoms with Crippen molar-refractivity contribution >= 4 is 22.6 Å². The predicted octanol–water partition coefficient (Wildman–Crippen LogP) is 4.27. The van der Waals surface area contributed by atoms with Gasteiger partial charge in [-0.15, -0.1) is 11.3 Å². The summed E-state index contributed by atoms with van der Waals surface area (Å²) >= 11 is 1.64. The zero-order chi connectivity index (χ0) is 16.2. The SMILES string of the molecule is COc1cccc(C=Nc2sc3c(c2C#N)CCCC3)c1OC. The van der Waals surface area contributed by atoms with Crippen molar-refractivity contribution in [2.75, 3.05) is 14.2 Å². The lowest BCUT2D eigenvalue weighted by molar-refractivity contribution is 0.354. The molecule has 1 aliphatic rings. The van der Waals surface area contributed by atoms with Crippen LogP contribution in [0.5, 0.6) is 11.5 Å². The molecule has 1 aromatic heterocycles. The third-order valence-electron chi connectivity index (χ3n) is 4.02. The van der Waals surface area contributed by atoms with Crippen LogP contribution in [0.3, 0.4) is 0 Å². The van der Waals surface area contributed by atoms with E-state index in [0.29, 0.717) is 11.5 Å². The van der Waals surface area contributed by atoms with Gasteiger partial charge in [0.1, 0.15) is 11.1 Å². The fourth-order valence-electron chi connectivity index (χ4n) is 2.90. The second-order valence-corrected chi connectivity index (χ2v) is 6.43. The molecule has 0 amide bonds. The third-order valence-corrected chi connectivity index (χ3v) is 5.22. The minimum Gasteiger partial charge on any atom is -0.493 e. The van der Waals surface area contributed by atoms with Crippen molar-refractivity contribution in [3.05, 3.63) is 39.8 Å². The molecule has 5 heteroatoms. The van der Waals surface area contributed by atoms with Crippen LogP contribution in [0.4, 0.5) is 5.00 Å². The van der Waals surface area contributed by atoms with Gasteiger partial charge in [-0.2, -0.15) is 5.26 Å². The average Bonchev–Trinajstić information content (AvgIpc) is 2.96. The maximum Gasteiger partial charge on any atom is 0.169 e. The van der Waals surface area contributed by atoms with Crippen LogP contribution in [0.1, 0.15) is 34.4 Å². The van der Waals surface area contributed by atoms with Gasteiger partial charge in [-0.05, 0) is 43.4 Å². The van der Waals surface area contributed by atoms with Crippen LogP contribution >= 0.6 is 11.3 Å². The van der Waals surface area contributed by atoms with Crippen molar-refractivity contribution in [2.45, 2.75) is 25.7 Å². The molecule has 0 spiro atoms. The Balaban J connectivity index is 1.98. The molecular weight excluding hydrogens is 308 g/mol. The highest BCUT2D eigenvalue weighted by molar-refractivity contribution is 7.16. The van der Waals surface area contributed by atoms with Gasteiger partial charge in [-0.25, -0.2) is 4.99 Å². The van der Waals surface area contributed by atoms with Gasteiger partial charge < -0.3 is 9.47 Å². The van der Waals surface area contributed by atoms with E-state index in [1.807, 2.05) is 18.2 Å². The van der Waals surface area contributed by atoms with E-state index >= 15 is 0 Å². The molecule has 0 saturated heterocycles. The molecule has 1 aliphatic carbocycles. The Bertz CT molecular complexity index is 787. The molecule has 0 radical (unpaired) electrons. The van der Waals surface area contributed by atoms with Crippen LogP contribution in [0.2, 0.25) is 0 Å². The van der Waals surface area contributed by atoms with Crippen molar-refractivity contribution in [3.63, 3.8) is 0 Å². The summed E-state index contributed by atoms with van der Waals surface area (Å²) in [4.78, 5) is 5.89. The molecule has 0 atom stereocenters. The zero-order valence-electron chi connectivity index (χ0n) is 13.3. The van der Waals surface area contributed by atoms with Crippen LogP contribution in [0.15, 0.2) is 23.2 Å². The summed E-state index contributed by atoms with van der Waals surface area (Å²) in [5, 5.41) is 10.3. The molecule has 1 aromatic carbocycles. The topological polar surface area (TPSA) is 54.6 Å². The minimum atomic E-state index is 0.651. The number of para-hydroxylation sites is 1. The lowest BCUT2D eigenvalue weighted by atomic mass is 9.96. The number of hydrogen-bond acceptors (Lipinski definition) is 5. The van der Waals surface area contributed by atoms with Crippen molar-refractivity contribution < 1.29 is 9.47 Å². The van der Waals surface area contributed by atoms with Gasteiger partial charge in [0, 0.05) is 16.7 Å². The number of ether oxygens (including phenoxy) is 2. The first-order valence-corrected chi connectivity index (χ1v) is 8.39. The minimum absolute atomic E-state index is 0.651. The van der Waals surface area contributed by atoms with Crippen LogP contribution in [-0.4, -0.2) is 20.4 Å². The summed E-state index contributed by atoms with van der Waals surface area (Å²) in [7, 11) is 3.22. The van der Waals surface area contributed by atoms with E-state index in [0.717, 1.165) is 35.4 Å². The molecule has 0 fully saturated rings. The van der Waals surface area contributed by atoms with Crippen LogP contribution in [0, 0.1) is 11.3 Å². The van der Waals surface area contributed by atoms with Gasteiger partial charge in [0.25, 0.3) is 0 Å². The summed E-state index contributed by atoms with van der Waals surface area (Å²) in [5.74, 6) is 1.32. The molecule has 2 aromatic rings. The molecule has 1 heterocycles. The number of aliphatic imine (C=N–C) groups is 1. The Kier molecular flexibility index (Phi) is 4.63. The second-order valence-electron chi connectivity index (χ2n) is 5.34. The summed E-state index contributed by atoms with van der Waals surface area (Å²) in [5.41, 5.74) is 2.78. The molecule has 0 aliphatic heterocycles. The average molecular weight is 326 g/mol. The Morgan fingerprint density at radius 2 is 2.04 bits per heavy atom. The predicted molar refractivity (Wildman–Crippen MR) is 92.5 cm³/mol. The van der Waals surface area contributed by atoms with Crippen molar-refractivity contribution in [1.82, 2.24) is 0 Å². The van der Waals surface area contributed by atoms with Crippen molar-refractivity contribution in [2.24, 2.45) is 4.99 Å². The van der Waals surface area contributed by atoms with E-state index in [9.17, 15) is 5.26 Å². The number of methoxy groups -OCH3 is 2. The molecule has 3 rings (SSSR count). The van der Waals surface area contributed by atoms with E-state index in [4.69, 9.17) is 9.47 Å². The lowest BCUT2D eigenvalue weighted by Gasteiger charge is -2.09. The molecule has 23 heavy (non-hydrogen) atoms. The summed E-state index contributed by atoms with van der Waals surface area (Å²) in [6.07, 6.45) is 6.16. The normalized spacial score (nSPS) is 13.6. The van der Waals surface area contributed by atoms with Gasteiger partial charge in [-0.1, -0.05) is 6.07 Å². The smallest absolute Gasteiger partial charge is 0.169 e. The Labute approximate surface area is 140 Å². The van der Waals surface area contributed by atoms with Crippen molar-refractivity contribution in [3.8, 4) is 17.6 Å². The van der Waals surface area contributed by atoms with E-state index in [1.165, 1.54) is 16.9 Å². The third kappa shape index (κ3) is 2.95. The number of benzene rings is 1. The lowest BCUT2D eigenvalue weighted by Crippen LogP contribution is -1.99. The maximum absolute atomic E-state index is 9.48. The first-order chi connectivity index (χ1) is 11.3. The largest absolute Gasteiger partial charge is 0.493 e. The standard InChI is InChI=1S/C18H18N2O2S/c1-21-15-8-5-6-12(17(15)22-2)11-20-18-14(10-19)13-7-3-4-9-16(13)23-18/h5-6,8,11H,3-4,7,9H2,1-2H3. The Morgan fingerprint density at radius 1 is 1.22 bits per heavy atom. The van der Waals surface area contributed by atoms with E-state index in [-0.39, 0.29) is 0 Å². The quantitative estimate of drug-likeness (QED) is 0.789. The Hall–Kier alpha value is -2.32. The number of nitriles is 1. The number of hydrogen-bond donors (Lipinski definition) is 0. The van der Waals surface area contributed by atoms with Crippen LogP contribution in [-0.2, 0) is 12.8 Å². The molecular formula is C18H18N2O2S. The van der Waals surface area contributed by atoms with Crippen LogP contribution in [0.25, 0.3) is 0 Å². The first kappa shape index (κ1) is 15.6. The zero-order valence-corrected chi connectivity index (χ0v) is 14.1. The number of thiophene rings is 1. The highest BCUT2D eigenvalue weighted by Gasteiger charge is 2.20. The highest BCUT2D eigenvalue weighted by Crippen LogP contribution is 2.39. The van der Waals surface area contributed by atoms with Gasteiger partial charge in [-0.3, -0.25) is 0 Å². The Morgan fingerprint density at radius 3 is 2.78 bits per heavy atom. The fraction of sp³-hybridized carbons (Fsp3) is 0.333. The van der Waals surface area contributed by atoms with E-state index < -0.39 is 0 Å². The maximum atomic E-state index is 9.48. The molecule has 0 bridgehead atoms. The number of fused-ring (bicyclic) bond motifs is 1. The van der Waals surface area contributed by atoms with Gasteiger partial charge in [0.05, 0.1) is 19.8 Å². The number of rotatable bonds is 4. The molecule has 0 saturated carbocycles. The summed E-state index contributed by atoms with van der Waals surface area (Å²) in [6.45, 7) is 0. The molecule has 118 valence electrons. The first-order valence-electron chi connectivity index (χ1n) is 7.58. The van der Waals surface area contributed by atoms with Gasteiger partial charge in [0.15, 0.2) is 11.5 Å². The molecule has 0 unspecified atom stereocenters. The van der Waals surface area contributed by atoms with Gasteiger partial charge >= 0.3 is 0 Å². The second kappa shape index (κ2) is 6.84. The van der Waals surface area contributed by atoms with Crippen LogP contribution < -0.4 is 9.47 Å². The number of nitrogens with zero attached hydrogens (tertiary/aromatic N) is 2. The fourth-order valence-corrected chi connectivity index (χ4v) is 4.08. The highest BCUT2D eigenvalue weighted by atomic mass is 32.1. The summed E-state index contributed by atoms with van der Waals surface area (Å²) < 4.78 is 10.7. The molecule has 4 nitrogen and oxygen atoms in total. The van der Waals surface area contributed by atoms with Crippen molar-refractivity contribution in [1.29, 1.82) is 5.26 Å². The number of aryl methyl sites for hydroxylation is 1.